The van der Waals surface area contributed by atoms with Crippen molar-refractivity contribution in [1.29, 1.82) is 0 Å². The molecule has 0 atom stereocenters. The maximum absolute atomic E-state index is 12.4. The van der Waals surface area contributed by atoms with Crippen molar-refractivity contribution in [1.82, 2.24) is 14.8 Å². The molecule has 1 aliphatic heterocycles. The molecule has 0 radical (unpaired) electrons. The third-order valence-electron chi connectivity index (χ3n) is 3.19. The van der Waals surface area contributed by atoms with E-state index in [2.05, 4.69) is 20.9 Å². The Labute approximate surface area is 138 Å². The fourth-order valence-corrected chi connectivity index (χ4v) is 2.50. The Morgan fingerprint density at radius 3 is 2.32 bits per heavy atom. The fraction of sp³-hybridized carbons (Fsp3) is 0.533. The molecule has 120 valence electrons. The third-order valence-corrected chi connectivity index (χ3v) is 3.63. The minimum Gasteiger partial charge on any atom is -0.444 e. The molecule has 0 aromatic carbocycles. The molecule has 1 aromatic rings. The highest BCUT2D eigenvalue weighted by Crippen LogP contribution is 2.15. The van der Waals surface area contributed by atoms with Gasteiger partial charge >= 0.3 is 6.09 Å². The van der Waals surface area contributed by atoms with Crippen LogP contribution >= 0.6 is 15.9 Å². The highest BCUT2D eigenvalue weighted by molar-refractivity contribution is 9.10. The number of hydrogen-bond acceptors (Lipinski definition) is 4. The van der Waals surface area contributed by atoms with Gasteiger partial charge in [-0.05, 0) is 48.8 Å². The number of ether oxygens (including phenoxy) is 1. The second-order valence-corrected chi connectivity index (χ2v) is 6.94. The number of amides is 2. The van der Waals surface area contributed by atoms with Crippen LogP contribution in [0, 0.1) is 0 Å². The summed E-state index contributed by atoms with van der Waals surface area (Å²) in [4.78, 5) is 31.8. The summed E-state index contributed by atoms with van der Waals surface area (Å²) in [5, 5.41) is 0. The van der Waals surface area contributed by atoms with Gasteiger partial charge in [0.05, 0.1) is 0 Å². The van der Waals surface area contributed by atoms with E-state index in [-0.39, 0.29) is 12.0 Å². The first-order valence-electron chi connectivity index (χ1n) is 7.15. The molecule has 2 heterocycles. The van der Waals surface area contributed by atoms with Crippen molar-refractivity contribution < 1.29 is 14.3 Å². The lowest BCUT2D eigenvalue weighted by molar-refractivity contribution is 0.0141. The zero-order valence-electron chi connectivity index (χ0n) is 13.0. The van der Waals surface area contributed by atoms with Crippen LogP contribution < -0.4 is 0 Å². The largest absolute Gasteiger partial charge is 0.444 e. The standard InChI is InChI=1S/C15H20BrN3O3/c1-15(2,3)22-14(21)19-8-6-18(7-9-19)13(20)11-4-5-17-12(16)10-11/h4-5,10H,6-9H2,1-3H3. The second-order valence-electron chi connectivity index (χ2n) is 6.13. The van der Waals surface area contributed by atoms with E-state index in [9.17, 15) is 9.59 Å². The van der Waals surface area contributed by atoms with Crippen LogP contribution in [0.4, 0.5) is 4.79 Å². The van der Waals surface area contributed by atoms with Gasteiger partial charge in [0.15, 0.2) is 0 Å². The molecule has 7 heteroatoms. The Morgan fingerprint density at radius 1 is 1.18 bits per heavy atom. The highest BCUT2D eigenvalue weighted by Gasteiger charge is 2.28. The summed E-state index contributed by atoms with van der Waals surface area (Å²) in [6, 6.07) is 3.38. The van der Waals surface area contributed by atoms with Crippen LogP contribution in [0.2, 0.25) is 0 Å². The zero-order valence-corrected chi connectivity index (χ0v) is 14.6. The monoisotopic (exact) mass is 369 g/mol. The summed E-state index contributed by atoms with van der Waals surface area (Å²) >= 11 is 3.26. The Morgan fingerprint density at radius 2 is 1.77 bits per heavy atom. The summed E-state index contributed by atoms with van der Waals surface area (Å²) in [6.45, 7) is 7.47. The van der Waals surface area contributed by atoms with Crippen molar-refractivity contribution >= 4 is 27.9 Å². The van der Waals surface area contributed by atoms with Gasteiger partial charge in [0.2, 0.25) is 0 Å². The summed E-state index contributed by atoms with van der Waals surface area (Å²) < 4.78 is 5.97. The molecule has 2 amide bonds. The van der Waals surface area contributed by atoms with Crippen LogP contribution in [0.3, 0.4) is 0 Å². The molecule has 22 heavy (non-hydrogen) atoms. The minimum absolute atomic E-state index is 0.0491. The lowest BCUT2D eigenvalue weighted by Crippen LogP contribution is -2.51. The van der Waals surface area contributed by atoms with Gasteiger partial charge in [-0.3, -0.25) is 4.79 Å². The van der Waals surface area contributed by atoms with Gasteiger partial charge in [-0.15, -0.1) is 0 Å². The van der Waals surface area contributed by atoms with Crippen molar-refractivity contribution in [2.75, 3.05) is 26.2 Å². The van der Waals surface area contributed by atoms with Gasteiger partial charge in [0.1, 0.15) is 10.2 Å². The van der Waals surface area contributed by atoms with E-state index in [4.69, 9.17) is 4.74 Å². The van der Waals surface area contributed by atoms with E-state index in [1.807, 2.05) is 20.8 Å². The van der Waals surface area contributed by atoms with Gasteiger partial charge in [0.25, 0.3) is 5.91 Å². The molecule has 0 aliphatic carbocycles. The molecule has 1 saturated heterocycles. The molecular formula is C15H20BrN3O3. The molecule has 0 spiro atoms. The van der Waals surface area contributed by atoms with Gasteiger partial charge in [0, 0.05) is 37.9 Å². The average molecular weight is 370 g/mol. The van der Waals surface area contributed by atoms with Gasteiger partial charge in [-0.25, -0.2) is 9.78 Å². The number of hydrogen-bond donors (Lipinski definition) is 0. The van der Waals surface area contributed by atoms with Crippen molar-refractivity contribution in [3.63, 3.8) is 0 Å². The molecular weight excluding hydrogens is 350 g/mol. The average Bonchev–Trinajstić information content (AvgIpc) is 2.45. The molecule has 0 N–H and O–H groups in total. The minimum atomic E-state index is -0.507. The van der Waals surface area contributed by atoms with E-state index >= 15 is 0 Å². The number of carbonyl (C=O) groups is 2. The zero-order chi connectivity index (χ0) is 16.3. The summed E-state index contributed by atoms with van der Waals surface area (Å²) in [7, 11) is 0. The first-order valence-corrected chi connectivity index (χ1v) is 7.94. The number of carbonyl (C=O) groups excluding carboxylic acids is 2. The summed E-state index contributed by atoms with van der Waals surface area (Å²) in [6.07, 6.45) is 1.26. The lowest BCUT2D eigenvalue weighted by Gasteiger charge is -2.35. The highest BCUT2D eigenvalue weighted by atomic mass is 79.9. The van der Waals surface area contributed by atoms with Crippen molar-refractivity contribution in [3.05, 3.63) is 28.5 Å². The quantitative estimate of drug-likeness (QED) is 0.713. The fourth-order valence-electron chi connectivity index (χ4n) is 2.14. The van der Waals surface area contributed by atoms with Crippen LogP contribution in [-0.2, 0) is 4.74 Å². The third kappa shape index (κ3) is 4.43. The molecule has 0 saturated carbocycles. The van der Waals surface area contributed by atoms with Crippen LogP contribution in [-0.4, -0.2) is 58.6 Å². The van der Waals surface area contributed by atoms with Crippen LogP contribution in [0.15, 0.2) is 22.9 Å². The van der Waals surface area contributed by atoms with Gasteiger partial charge in [-0.1, -0.05) is 0 Å². The van der Waals surface area contributed by atoms with Gasteiger partial charge in [-0.2, -0.15) is 0 Å². The number of piperazine rings is 1. The van der Waals surface area contributed by atoms with E-state index in [1.165, 1.54) is 0 Å². The molecule has 0 bridgehead atoms. The van der Waals surface area contributed by atoms with Crippen LogP contribution in [0.5, 0.6) is 0 Å². The Balaban J connectivity index is 1.92. The smallest absolute Gasteiger partial charge is 0.410 e. The maximum atomic E-state index is 12.4. The maximum Gasteiger partial charge on any atom is 0.410 e. The van der Waals surface area contributed by atoms with Crippen molar-refractivity contribution in [3.8, 4) is 0 Å². The number of nitrogens with zero attached hydrogens (tertiary/aromatic N) is 3. The first kappa shape index (κ1) is 16.7. The summed E-state index contributed by atoms with van der Waals surface area (Å²) in [5.74, 6) is -0.0491. The predicted octanol–water partition coefficient (Wildman–Crippen LogP) is 2.54. The SMILES string of the molecule is CC(C)(C)OC(=O)N1CCN(C(=O)c2ccnc(Br)c2)CC1. The van der Waals surface area contributed by atoms with E-state index in [0.29, 0.717) is 36.3 Å². The van der Waals surface area contributed by atoms with E-state index in [0.717, 1.165) is 0 Å². The molecule has 0 unspecified atom stereocenters. The van der Waals surface area contributed by atoms with Gasteiger partial charge < -0.3 is 14.5 Å². The molecule has 2 rings (SSSR count). The number of pyridine rings is 1. The first-order chi connectivity index (χ1) is 10.3. The number of rotatable bonds is 1. The Kier molecular flexibility index (Phi) is 5.05. The Bertz CT molecular complexity index is 563. The van der Waals surface area contributed by atoms with Crippen LogP contribution in [0.1, 0.15) is 31.1 Å². The lowest BCUT2D eigenvalue weighted by atomic mass is 10.2. The van der Waals surface area contributed by atoms with Crippen molar-refractivity contribution in [2.24, 2.45) is 0 Å². The molecule has 1 fully saturated rings. The summed E-state index contributed by atoms with van der Waals surface area (Å²) in [5.41, 5.74) is 0.0838. The van der Waals surface area contributed by atoms with E-state index < -0.39 is 5.60 Å². The number of halogens is 1. The topological polar surface area (TPSA) is 62.7 Å². The Hall–Kier alpha value is -1.63. The normalized spacial score (nSPS) is 15.6. The molecule has 1 aromatic heterocycles. The number of aromatic nitrogens is 1. The molecule has 1 aliphatic rings. The van der Waals surface area contributed by atoms with Crippen LogP contribution in [0.25, 0.3) is 0 Å². The van der Waals surface area contributed by atoms with Crippen molar-refractivity contribution in [2.45, 2.75) is 26.4 Å². The predicted molar refractivity (Wildman–Crippen MR) is 85.6 cm³/mol. The molecule has 6 nitrogen and oxygen atoms in total. The van der Waals surface area contributed by atoms with E-state index in [1.54, 1.807) is 28.1 Å². The second kappa shape index (κ2) is 6.64.